The van der Waals surface area contributed by atoms with E-state index < -0.39 is 8.80 Å². The Morgan fingerprint density at radius 1 is 0.526 bits per heavy atom. The van der Waals surface area contributed by atoms with Crippen molar-refractivity contribution in [3.05, 3.63) is 0 Å². The van der Waals surface area contributed by atoms with Gasteiger partial charge in [-0.05, 0) is 58.0 Å². The van der Waals surface area contributed by atoms with Gasteiger partial charge in [-0.2, -0.15) is 11.8 Å². The van der Waals surface area contributed by atoms with Crippen LogP contribution >= 0.6 is 23.5 Å². The molecule has 0 aromatic rings. The maximum absolute atomic E-state index is 12.1. The lowest BCUT2D eigenvalue weighted by Gasteiger charge is -2.28. The summed E-state index contributed by atoms with van der Waals surface area (Å²) >= 11 is 3.61. The van der Waals surface area contributed by atoms with E-state index in [-0.39, 0.29) is 0 Å². The van der Waals surface area contributed by atoms with Crippen molar-refractivity contribution in [3.8, 4) is 0 Å². The van der Waals surface area contributed by atoms with Crippen LogP contribution in [-0.4, -0.2) is 51.0 Å². The van der Waals surface area contributed by atoms with Crippen molar-refractivity contribution in [3.63, 3.8) is 0 Å². The van der Waals surface area contributed by atoms with Gasteiger partial charge >= 0.3 is 8.80 Å². The minimum atomic E-state index is -2.46. The van der Waals surface area contributed by atoms with Gasteiger partial charge in [-0.25, -0.2) is 0 Å². The van der Waals surface area contributed by atoms with Gasteiger partial charge in [0, 0.05) is 38.0 Å². The molecule has 0 bridgehead atoms. The molecule has 0 N–H and O–H groups in total. The van der Waals surface area contributed by atoms with E-state index in [9.17, 15) is 4.79 Å². The normalized spacial score (nSPS) is 11.9. The predicted octanol–water partition coefficient (Wildman–Crippen LogP) is 10.5. The first-order valence-electron chi connectivity index (χ1n) is 16.3. The second-order valence-corrected chi connectivity index (χ2v) is 15.4. The monoisotopic (exact) mass is 592 g/mol. The van der Waals surface area contributed by atoms with Crippen molar-refractivity contribution in [2.24, 2.45) is 0 Å². The largest absolute Gasteiger partial charge is 0.500 e. The molecule has 4 nitrogen and oxygen atoms in total. The lowest BCUT2D eigenvalue weighted by molar-refractivity contribution is -0.111. The minimum Gasteiger partial charge on any atom is -0.374 e. The SMILES string of the molecule is CCCCCCCCCCCCCCCC(=O)SCCCCCCSCCC[Si](OCC)(OCC)OCC. The van der Waals surface area contributed by atoms with E-state index in [1.54, 1.807) is 11.8 Å². The zero-order valence-corrected chi connectivity index (χ0v) is 28.5. The summed E-state index contributed by atoms with van der Waals surface area (Å²) in [6, 6.07) is 0.917. The third-order valence-corrected chi connectivity index (χ3v) is 12.1. The van der Waals surface area contributed by atoms with Crippen LogP contribution in [-0.2, 0) is 18.1 Å². The molecule has 228 valence electrons. The Labute approximate surface area is 247 Å². The Morgan fingerprint density at radius 2 is 0.947 bits per heavy atom. The Kier molecular flexibility index (Phi) is 30.8. The van der Waals surface area contributed by atoms with Gasteiger partial charge in [-0.1, -0.05) is 109 Å². The van der Waals surface area contributed by atoms with E-state index >= 15 is 0 Å². The molecule has 0 spiro atoms. The molecule has 0 aliphatic rings. The van der Waals surface area contributed by atoms with E-state index in [2.05, 4.69) is 6.92 Å². The number of carbonyl (C=O) groups excluding carboxylic acids is 1. The molecule has 0 aromatic heterocycles. The highest BCUT2D eigenvalue weighted by atomic mass is 32.2. The average Bonchev–Trinajstić information content (AvgIpc) is 2.90. The molecule has 0 heterocycles. The van der Waals surface area contributed by atoms with Gasteiger partial charge in [0.05, 0.1) is 0 Å². The second-order valence-electron chi connectivity index (χ2n) is 10.3. The smallest absolute Gasteiger partial charge is 0.374 e. The summed E-state index contributed by atoms with van der Waals surface area (Å²) in [5, 5.41) is 0.411. The number of hydrogen-bond donors (Lipinski definition) is 0. The topological polar surface area (TPSA) is 44.8 Å². The van der Waals surface area contributed by atoms with Crippen molar-refractivity contribution in [1.82, 2.24) is 0 Å². The third kappa shape index (κ3) is 25.4. The van der Waals surface area contributed by atoms with Gasteiger partial charge in [0.25, 0.3) is 0 Å². The first-order valence-corrected chi connectivity index (χ1v) is 20.4. The highest BCUT2D eigenvalue weighted by molar-refractivity contribution is 8.13. The summed E-state index contributed by atoms with van der Waals surface area (Å²) in [7, 11) is -2.46. The molecule has 0 aliphatic heterocycles. The maximum Gasteiger partial charge on any atom is 0.500 e. The van der Waals surface area contributed by atoms with Crippen LogP contribution in [0.5, 0.6) is 0 Å². The van der Waals surface area contributed by atoms with Crippen LogP contribution in [0, 0.1) is 0 Å². The molecule has 0 amide bonds. The molecule has 0 aromatic carbocycles. The Hall–Kier alpha value is 0.467. The van der Waals surface area contributed by atoms with E-state index in [1.165, 1.54) is 108 Å². The van der Waals surface area contributed by atoms with Crippen molar-refractivity contribution < 1.29 is 18.1 Å². The standard InChI is InChI=1S/C31H64O4S2Si/c1-5-9-10-11-12-13-14-15-16-17-18-19-22-26-31(32)37-29-24-21-20-23-27-36-28-25-30-38(33-6-2,34-7-3)35-8-4/h5-30H2,1-4H3. The highest BCUT2D eigenvalue weighted by Gasteiger charge is 2.39. The summed E-state index contributed by atoms with van der Waals surface area (Å²) in [6.07, 6.45) is 24.5. The number of hydrogen-bond acceptors (Lipinski definition) is 6. The number of carbonyl (C=O) groups is 1. The molecular formula is C31H64O4S2Si. The summed E-state index contributed by atoms with van der Waals surface area (Å²) in [4.78, 5) is 12.1. The van der Waals surface area contributed by atoms with Gasteiger partial charge in [0.15, 0.2) is 5.12 Å². The fourth-order valence-corrected chi connectivity index (χ4v) is 9.39. The lowest BCUT2D eigenvalue weighted by Crippen LogP contribution is -2.46. The quantitative estimate of drug-likeness (QED) is 0.0589. The molecule has 0 fully saturated rings. The van der Waals surface area contributed by atoms with Gasteiger partial charge < -0.3 is 13.3 Å². The van der Waals surface area contributed by atoms with Crippen molar-refractivity contribution in [2.45, 2.75) is 156 Å². The third-order valence-electron chi connectivity index (χ3n) is 6.79. The number of unbranched alkanes of at least 4 members (excludes halogenated alkanes) is 15. The van der Waals surface area contributed by atoms with Gasteiger partial charge in [-0.15, -0.1) is 0 Å². The van der Waals surface area contributed by atoms with E-state index in [4.69, 9.17) is 13.3 Å². The first-order chi connectivity index (χ1) is 18.6. The van der Waals surface area contributed by atoms with E-state index in [1.807, 2.05) is 32.5 Å². The van der Waals surface area contributed by atoms with Crippen LogP contribution in [0.1, 0.15) is 150 Å². The molecule has 38 heavy (non-hydrogen) atoms. The zero-order valence-electron chi connectivity index (χ0n) is 25.8. The Balaban J connectivity index is 3.43. The van der Waals surface area contributed by atoms with Gasteiger partial charge in [-0.3, -0.25) is 4.79 Å². The molecular weight excluding hydrogens is 529 g/mol. The van der Waals surface area contributed by atoms with Crippen molar-refractivity contribution >= 4 is 37.4 Å². The minimum absolute atomic E-state index is 0.411. The fourth-order valence-electron chi connectivity index (χ4n) is 4.70. The Morgan fingerprint density at radius 3 is 1.45 bits per heavy atom. The summed E-state index contributed by atoms with van der Waals surface area (Å²) < 4.78 is 17.8. The summed E-state index contributed by atoms with van der Waals surface area (Å²) in [5.41, 5.74) is 0. The van der Waals surface area contributed by atoms with Crippen LogP contribution in [0.4, 0.5) is 0 Å². The molecule has 0 aliphatic carbocycles. The highest BCUT2D eigenvalue weighted by Crippen LogP contribution is 2.21. The zero-order chi connectivity index (χ0) is 28.0. The Bertz CT molecular complexity index is 479. The summed E-state index contributed by atoms with van der Waals surface area (Å²) in [6.45, 7) is 10.3. The van der Waals surface area contributed by atoms with Crippen molar-refractivity contribution in [1.29, 1.82) is 0 Å². The van der Waals surface area contributed by atoms with Crippen LogP contribution < -0.4 is 0 Å². The fraction of sp³-hybridized carbons (Fsp3) is 0.968. The van der Waals surface area contributed by atoms with Crippen molar-refractivity contribution in [2.75, 3.05) is 37.1 Å². The second kappa shape index (κ2) is 30.4. The van der Waals surface area contributed by atoms with Gasteiger partial charge in [0.2, 0.25) is 0 Å². The first kappa shape index (κ1) is 38.5. The number of rotatable bonds is 31. The molecule has 0 unspecified atom stereocenters. The van der Waals surface area contributed by atoms with E-state index in [0.29, 0.717) is 24.9 Å². The van der Waals surface area contributed by atoms with Crippen LogP contribution in [0.25, 0.3) is 0 Å². The average molecular weight is 593 g/mol. The summed E-state index contributed by atoms with van der Waals surface area (Å²) in [5.74, 6) is 3.37. The number of thioether (sulfide) groups is 2. The van der Waals surface area contributed by atoms with E-state index in [0.717, 1.165) is 36.8 Å². The van der Waals surface area contributed by atoms with Gasteiger partial charge in [0.1, 0.15) is 0 Å². The molecule has 0 radical (unpaired) electrons. The predicted molar refractivity (Wildman–Crippen MR) is 174 cm³/mol. The molecule has 0 atom stereocenters. The lowest BCUT2D eigenvalue weighted by atomic mass is 10.0. The van der Waals surface area contributed by atoms with Crippen LogP contribution in [0.2, 0.25) is 6.04 Å². The molecule has 7 heteroatoms. The molecule has 0 saturated heterocycles. The van der Waals surface area contributed by atoms with Crippen LogP contribution in [0.15, 0.2) is 0 Å². The maximum atomic E-state index is 12.1. The van der Waals surface area contributed by atoms with Crippen LogP contribution in [0.3, 0.4) is 0 Å². The molecule has 0 saturated carbocycles. The molecule has 0 rings (SSSR count).